The van der Waals surface area contributed by atoms with Crippen LogP contribution in [-0.4, -0.2) is 0 Å². The lowest BCUT2D eigenvalue weighted by atomic mass is 10.0. The van der Waals surface area contributed by atoms with Crippen molar-refractivity contribution in [3.8, 4) is 17.2 Å². The third-order valence-electron chi connectivity index (χ3n) is 2.88. The van der Waals surface area contributed by atoms with E-state index in [1.807, 2.05) is 54.6 Å². The molecule has 100 valence electrons. The molecule has 0 heterocycles. The van der Waals surface area contributed by atoms with Crippen molar-refractivity contribution in [3.05, 3.63) is 64.3 Å². The molecule has 2 aromatic carbocycles. The third kappa shape index (κ3) is 2.82. The Balaban J connectivity index is 2.52. The molecule has 5 heteroatoms. The Morgan fingerprint density at radius 2 is 1.90 bits per heavy atom. The Morgan fingerprint density at radius 3 is 2.55 bits per heavy atom. The van der Waals surface area contributed by atoms with E-state index in [4.69, 9.17) is 16.8 Å². The number of allylic oxidation sites excluding steroid dienone is 1. The molecule has 0 atom stereocenters. The highest BCUT2D eigenvalue weighted by molar-refractivity contribution is 9.10. The summed E-state index contributed by atoms with van der Waals surface area (Å²) in [6, 6.07) is 17.5. The summed E-state index contributed by atoms with van der Waals surface area (Å²) in [5.74, 6) is 5.28. The predicted molar refractivity (Wildman–Crippen MR) is 83.6 cm³/mol. The normalized spacial score (nSPS) is 11.4. The van der Waals surface area contributed by atoms with E-state index >= 15 is 0 Å². The number of rotatable bonds is 3. The van der Waals surface area contributed by atoms with E-state index in [1.165, 1.54) is 0 Å². The molecule has 0 saturated carbocycles. The van der Waals surface area contributed by atoms with Crippen molar-refractivity contribution in [2.45, 2.75) is 0 Å². The lowest BCUT2D eigenvalue weighted by molar-refractivity contribution is 0.920. The minimum atomic E-state index is 0.147. The summed E-state index contributed by atoms with van der Waals surface area (Å²) in [6.07, 6.45) is 0. The Labute approximate surface area is 125 Å². The summed E-state index contributed by atoms with van der Waals surface area (Å²) < 4.78 is 0.997. The third-order valence-corrected chi connectivity index (χ3v) is 3.58. The maximum Gasteiger partial charge on any atom is 0.151 e. The summed E-state index contributed by atoms with van der Waals surface area (Å²) in [5, 5.41) is 8.95. The number of nitriles is 1. The van der Waals surface area contributed by atoms with Gasteiger partial charge in [-0.1, -0.05) is 52.3 Å². The first-order chi connectivity index (χ1) is 9.67. The molecule has 20 heavy (non-hydrogen) atoms. The first-order valence-electron chi connectivity index (χ1n) is 5.89. The molecule has 0 radical (unpaired) electrons. The zero-order valence-corrected chi connectivity index (χ0v) is 12.2. The van der Waals surface area contributed by atoms with E-state index in [1.54, 1.807) is 0 Å². The molecule has 0 saturated heterocycles. The van der Waals surface area contributed by atoms with E-state index in [0.717, 1.165) is 21.2 Å². The van der Waals surface area contributed by atoms with Crippen LogP contribution < -0.4 is 17.0 Å². The summed E-state index contributed by atoms with van der Waals surface area (Å²) in [7, 11) is 0. The van der Waals surface area contributed by atoms with Crippen LogP contribution in [0.2, 0.25) is 0 Å². The van der Waals surface area contributed by atoms with E-state index in [0.29, 0.717) is 5.70 Å². The van der Waals surface area contributed by atoms with Gasteiger partial charge in [0.1, 0.15) is 6.07 Å². The van der Waals surface area contributed by atoms with Crippen molar-refractivity contribution in [1.82, 2.24) is 5.43 Å². The predicted octanol–water partition coefficient (Wildman–Crippen LogP) is 2.73. The van der Waals surface area contributed by atoms with Gasteiger partial charge in [0.2, 0.25) is 0 Å². The van der Waals surface area contributed by atoms with Crippen molar-refractivity contribution >= 4 is 21.6 Å². The van der Waals surface area contributed by atoms with Gasteiger partial charge in [-0.05, 0) is 23.3 Å². The summed E-state index contributed by atoms with van der Waals surface area (Å²) in [5.41, 5.74) is 11.5. The number of hydrogen-bond acceptors (Lipinski definition) is 4. The smallest absolute Gasteiger partial charge is 0.151 e. The van der Waals surface area contributed by atoms with Crippen molar-refractivity contribution in [3.63, 3.8) is 0 Å². The summed E-state index contributed by atoms with van der Waals surface area (Å²) in [4.78, 5) is 0. The van der Waals surface area contributed by atoms with Gasteiger partial charge in [-0.25, -0.2) is 5.84 Å². The molecule has 0 aliphatic rings. The standard InChI is InChI=1S/C15H13BrN4/c16-13-7-2-1-6-12(13)10-4-3-5-11(8-10)15(18)14(9-17)20-19/h1-8,20H,18-19H2/b15-14-. The highest BCUT2D eigenvalue weighted by Gasteiger charge is 2.07. The van der Waals surface area contributed by atoms with E-state index < -0.39 is 0 Å². The molecule has 0 amide bonds. The Hall–Kier alpha value is -2.29. The topological polar surface area (TPSA) is 87.9 Å². The number of nitrogens with one attached hydrogen (secondary N) is 1. The number of hydrazine groups is 1. The van der Waals surface area contributed by atoms with Crippen molar-refractivity contribution < 1.29 is 0 Å². The average Bonchev–Trinajstić information content (AvgIpc) is 2.49. The number of benzene rings is 2. The van der Waals surface area contributed by atoms with Crippen molar-refractivity contribution in [2.75, 3.05) is 0 Å². The fourth-order valence-corrected chi connectivity index (χ4v) is 2.38. The van der Waals surface area contributed by atoms with E-state index in [9.17, 15) is 0 Å². The quantitative estimate of drug-likeness (QED) is 0.459. The first kappa shape index (κ1) is 14.1. The van der Waals surface area contributed by atoms with E-state index in [2.05, 4.69) is 21.4 Å². The van der Waals surface area contributed by atoms with Crippen LogP contribution in [0.25, 0.3) is 16.8 Å². The zero-order valence-electron chi connectivity index (χ0n) is 10.6. The molecule has 5 N–H and O–H groups in total. The van der Waals surface area contributed by atoms with Crippen LogP contribution in [0, 0.1) is 11.3 Å². The van der Waals surface area contributed by atoms with E-state index in [-0.39, 0.29) is 5.70 Å². The van der Waals surface area contributed by atoms with Gasteiger partial charge in [0.05, 0.1) is 5.70 Å². The number of nitrogens with zero attached hydrogens (tertiary/aromatic N) is 1. The maximum absolute atomic E-state index is 8.95. The Morgan fingerprint density at radius 1 is 1.15 bits per heavy atom. The lowest BCUT2D eigenvalue weighted by Gasteiger charge is -2.09. The van der Waals surface area contributed by atoms with Crippen molar-refractivity contribution in [2.24, 2.45) is 11.6 Å². The van der Waals surface area contributed by atoms with Crippen LogP contribution >= 0.6 is 15.9 Å². The molecule has 4 nitrogen and oxygen atoms in total. The fourth-order valence-electron chi connectivity index (χ4n) is 1.86. The molecule has 0 spiro atoms. The van der Waals surface area contributed by atoms with Gasteiger partial charge in [-0.15, -0.1) is 0 Å². The SMILES string of the molecule is N#C/C(NN)=C(/N)c1cccc(-c2ccccc2Br)c1. The molecule has 2 aromatic rings. The molecule has 0 unspecified atom stereocenters. The molecular formula is C15H13BrN4. The number of hydrogen-bond donors (Lipinski definition) is 3. The van der Waals surface area contributed by atoms with Gasteiger partial charge in [0.15, 0.2) is 5.70 Å². The number of nitrogens with two attached hydrogens (primary N) is 2. The fraction of sp³-hybridized carbons (Fsp3) is 0. The molecular weight excluding hydrogens is 316 g/mol. The molecule has 2 rings (SSSR count). The molecule has 0 aliphatic heterocycles. The maximum atomic E-state index is 8.95. The Kier molecular flexibility index (Phi) is 4.41. The second kappa shape index (κ2) is 6.24. The van der Waals surface area contributed by atoms with Crippen molar-refractivity contribution in [1.29, 1.82) is 5.26 Å². The van der Waals surface area contributed by atoms with Gasteiger partial charge in [0.25, 0.3) is 0 Å². The first-order valence-corrected chi connectivity index (χ1v) is 6.68. The zero-order chi connectivity index (χ0) is 14.5. The minimum Gasteiger partial charge on any atom is -0.396 e. The highest BCUT2D eigenvalue weighted by atomic mass is 79.9. The van der Waals surface area contributed by atoms with Gasteiger partial charge in [0, 0.05) is 10.0 Å². The van der Waals surface area contributed by atoms with Gasteiger partial charge in [-0.3, -0.25) is 0 Å². The molecule has 0 bridgehead atoms. The lowest BCUT2D eigenvalue weighted by Crippen LogP contribution is -2.23. The molecule has 0 aromatic heterocycles. The van der Waals surface area contributed by atoms with Crippen LogP contribution in [0.4, 0.5) is 0 Å². The monoisotopic (exact) mass is 328 g/mol. The van der Waals surface area contributed by atoms with Crippen LogP contribution in [0.1, 0.15) is 5.56 Å². The second-order valence-corrected chi connectivity index (χ2v) is 4.96. The summed E-state index contributed by atoms with van der Waals surface area (Å²) >= 11 is 3.52. The molecule has 0 fully saturated rings. The average molecular weight is 329 g/mol. The minimum absolute atomic E-state index is 0.147. The van der Waals surface area contributed by atoms with Gasteiger partial charge < -0.3 is 11.2 Å². The van der Waals surface area contributed by atoms with Crippen LogP contribution in [0.5, 0.6) is 0 Å². The Bertz CT molecular complexity index is 701. The largest absolute Gasteiger partial charge is 0.396 e. The highest BCUT2D eigenvalue weighted by Crippen LogP contribution is 2.29. The van der Waals surface area contributed by atoms with Crippen LogP contribution in [0.3, 0.4) is 0 Å². The number of halogens is 1. The van der Waals surface area contributed by atoms with Crippen LogP contribution in [-0.2, 0) is 0 Å². The van der Waals surface area contributed by atoms with Gasteiger partial charge in [-0.2, -0.15) is 5.26 Å². The van der Waals surface area contributed by atoms with Crippen LogP contribution in [0.15, 0.2) is 58.7 Å². The second-order valence-electron chi connectivity index (χ2n) is 4.11. The van der Waals surface area contributed by atoms with Gasteiger partial charge >= 0.3 is 0 Å². The molecule has 0 aliphatic carbocycles. The summed E-state index contributed by atoms with van der Waals surface area (Å²) in [6.45, 7) is 0.